The number of hydrogen-bond acceptors (Lipinski definition) is 6. The molecule has 0 saturated heterocycles. The van der Waals surface area contributed by atoms with Gasteiger partial charge in [-0.3, -0.25) is 14.9 Å². The van der Waals surface area contributed by atoms with Gasteiger partial charge in [0.15, 0.2) is 4.80 Å². The van der Waals surface area contributed by atoms with Crippen molar-refractivity contribution in [3.63, 3.8) is 0 Å². The number of methoxy groups -OCH3 is 1. The molecule has 1 amide bonds. The van der Waals surface area contributed by atoms with Gasteiger partial charge >= 0.3 is 5.97 Å². The lowest BCUT2D eigenvalue weighted by Crippen LogP contribution is -2.14. The molecule has 1 aromatic heterocycles. The third-order valence-electron chi connectivity index (χ3n) is 3.81. The number of thiazole rings is 1. The maximum absolute atomic E-state index is 12.5. The topological polar surface area (TPSA) is 104 Å². The molecule has 1 heterocycles. The zero-order valence-corrected chi connectivity index (χ0v) is 15.7. The molecule has 8 nitrogen and oxygen atoms in total. The highest BCUT2D eigenvalue weighted by Crippen LogP contribution is 2.24. The normalized spacial score (nSPS) is 11.6. The molecule has 27 heavy (non-hydrogen) atoms. The van der Waals surface area contributed by atoms with Crippen LogP contribution in [-0.4, -0.2) is 28.5 Å². The summed E-state index contributed by atoms with van der Waals surface area (Å²) in [5.41, 5.74) is 0.556. The number of fused-ring (bicyclic) bond motifs is 1. The predicted octanol–water partition coefficient (Wildman–Crippen LogP) is 3.33. The third-order valence-corrected chi connectivity index (χ3v) is 5.14. The highest BCUT2D eigenvalue weighted by atomic mass is 35.5. The number of aromatic nitrogens is 1. The van der Waals surface area contributed by atoms with Gasteiger partial charge in [0.05, 0.1) is 27.8 Å². The number of ether oxygens (including phenoxy) is 1. The van der Waals surface area contributed by atoms with Gasteiger partial charge in [-0.05, 0) is 30.3 Å². The molecule has 0 unspecified atom stereocenters. The van der Waals surface area contributed by atoms with Crippen LogP contribution in [0.1, 0.15) is 20.7 Å². The summed E-state index contributed by atoms with van der Waals surface area (Å²) < 4.78 is 7.07. The molecule has 138 valence electrons. The Balaban J connectivity index is 2.12. The minimum absolute atomic E-state index is 0.194. The molecule has 0 aliphatic carbocycles. The summed E-state index contributed by atoms with van der Waals surface area (Å²) in [7, 11) is 2.99. The first-order valence-electron chi connectivity index (χ1n) is 7.52. The molecular formula is C17H12ClN3O5S. The summed E-state index contributed by atoms with van der Waals surface area (Å²) in [4.78, 5) is 39.0. The number of amides is 1. The van der Waals surface area contributed by atoms with Gasteiger partial charge in [0.2, 0.25) is 0 Å². The number of nitro benzene ring substituents is 1. The van der Waals surface area contributed by atoms with Gasteiger partial charge in [-0.15, -0.1) is 0 Å². The number of carbonyl (C=O) groups is 2. The lowest BCUT2D eigenvalue weighted by atomic mass is 10.2. The fourth-order valence-electron chi connectivity index (χ4n) is 2.47. The van der Waals surface area contributed by atoms with E-state index in [1.165, 1.54) is 36.6 Å². The van der Waals surface area contributed by atoms with Crippen molar-refractivity contribution in [2.45, 2.75) is 0 Å². The molecule has 0 saturated carbocycles. The van der Waals surface area contributed by atoms with E-state index < -0.39 is 16.8 Å². The number of benzene rings is 2. The summed E-state index contributed by atoms with van der Waals surface area (Å²) in [6.07, 6.45) is 0. The number of hydrogen-bond donors (Lipinski definition) is 0. The average Bonchev–Trinajstić information content (AvgIpc) is 2.95. The predicted molar refractivity (Wildman–Crippen MR) is 100 cm³/mol. The van der Waals surface area contributed by atoms with Crippen LogP contribution >= 0.6 is 22.9 Å². The van der Waals surface area contributed by atoms with Gasteiger partial charge in [0, 0.05) is 18.1 Å². The molecule has 0 radical (unpaired) electrons. The molecule has 0 fully saturated rings. The first-order valence-corrected chi connectivity index (χ1v) is 8.72. The van der Waals surface area contributed by atoms with Crippen LogP contribution in [0.5, 0.6) is 0 Å². The molecule has 0 N–H and O–H groups in total. The number of halogens is 1. The Hall–Kier alpha value is -3.04. The van der Waals surface area contributed by atoms with Crippen molar-refractivity contribution in [3.05, 3.63) is 67.5 Å². The molecule has 0 atom stereocenters. The lowest BCUT2D eigenvalue weighted by molar-refractivity contribution is -0.385. The largest absolute Gasteiger partial charge is 0.465 e. The van der Waals surface area contributed by atoms with Gasteiger partial charge < -0.3 is 9.30 Å². The van der Waals surface area contributed by atoms with Crippen LogP contribution in [0.25, 0.3) is 10.2 Å². The van der Waals surface area contributed by atoms with Crippen LogP contribution in [0, 0.1) is 10.1 Å². The molecule has 3 rings (SSSR count). The van der Waals surface area contributed by atoms with Crippen LogP contribution in [0.2, 0.25) is 5.02 Å². The molecule has 0 aliphatic heterocycles. The minimum Gasteiger partial charge on any atom is -0.465 e. The SMILES string of the molecule is COC(=O)c1ccc2c(c1)sc(=NC(=O)c1cc(Cl)ccc1[N+](=O)[O-])n2C. The maximum atomic E-state index is 12.5. The molecule has 3 aromatic rings. The first kappa shape index (κ1) is 18.7. The number of carbonyl (C=O) groups excluding carboxylic acids is 2. The van der Waals surface area contributed by atoms with Crippen molar-refractivity contribution in [1.29, 1.82) is 0 Å². The molecule has 0 spiro atoms. The van der Waals surface area contributed by atoms with Crippen molar-refractivity contribution in [3.8, 4) is 0 Å². The standard InChI is InChI=1S/C17H12ClN3O5S/c1-20-13-5-3-9(16(23)26-2)7-14(13)27-17(20)19-15(22)11-8-10(18)4-6-12(11)21(24)25/h3-8H,1-2H3. The quantitative estimate of drug-likeness (QED) is 0.377. The second-order valence-corrected chi connectivity index (χ2v) is 6.90. The minimum atomic E-state index is -0.778. The van der Waals surface area contributed by atoms with Gasteiger partial charge in [-0.2, -0.15) is 4.99 Å². The number of rotatable bonds is 3. The van der Waals surface area contributed by atoms with Gasteiger partial charge in [0.25, 0.3) is 11.6 Å². The van der Waals surface area contributed by atoms with Crippen molar-refractivity contribution in [1.82, 2.24) is 4.57 Å². The van der Waals surface area contributed by atoms with Crippen molar-refractivity contribution in [2.24, 2.45) is 12.0 Å². The maximum Gasteiger partial charge on any atom is 0.337 e. The molecule has 2 aromatic carbocycles. The highest BCUT2D eigenvalue weighted by Gasteiger charge is 2.20. The number of nitro groups is 1. The van der Waals surface area contributed by atoms with E-state index >= 15 is 0 Å². The Morgan fingerprint density at radius 3 is 2.67 bits per heavy atom. The fraction of sp³-hybridized carbons (Fsp3) is 0.118. The average molecular weight is 406 g/mol. The van der Waals surface area contributed by atoms with Crippen LogP contribution in [0.3, 0.4) is 0 Å². The Kier molecular flexibility index (Phi) is 5.06. The summed E-state index contributed by atoms with van der Waals surface area (Å²) in [6.45, 7) is 0. The van der Waals surface area contributed by atoms with Crippen LogP contribution < -0.4 is 4.80 Å². The number of nitrogens with zero attached hydrogens (tertiary/aromatic N) is 3. The van der Waals surface area contributed by atoms with Crippen LogP contribution in [-0.2, 0) is 11.8 Å². The van der Waals surface area contributed by atoms with E-state index in [-0.39, 0.29) is 16.3 Å². The van der Waals surface area contributed by atoms with E-state index in [1.807, 2.05) is 0 Å². The molecule has 0 bridgehead atoms. The zero-order valence-electron chi connectivity index (χ0n) is 14.1. The Labute approximate surface area is 161 Å². The zero-order chi connectivity index (χ0) is 19.7. The van der Waals surface area contributed by atoms with Crippen LogP contribution in [0.15, 0.2) is 41.4 Å². The molecular weight excluding hydrogens is 394 g/mol. The lowest BCUT2D eigenvalue weighted by Gasteiger charge is -2.00. The van der Waals surface area contributed by atoms with E-state index in [4.69, 9.17) is 16.3 Å². The van der Waals surface area contributed by atoms with E-state index in [2.05, 4.69) is 4.99 Å². The van der Waals surface area contributed by atoms with E-state index in [0.29, 0.717) is 15.1 Å². The van der Waals surface area contributed by atoms with Gasteiger partial charge in [0.1, 0.15) is 5.56 Å². The summed E-state index contributed by atoms with van der Waals surface area (Å²) in [5, 5.41) is 11.3. The summed E-state index contributed by atoms with van der Waals surface area (Å²) >= 11 is 7.03. The Bertz CT molecular complexity index is 1170. The molecule has 0 aliphatic rings. The second kappa shape index (κ2) is 7.29. The van der Waals surface area contributed by atoms with E-state index in [9.17, 15) is 19.7 Å². The van der Waals surface area contributed by atoms with E-state index in [0.717, 1.165) is 5.52 Å². The first-order chi connectivity index (χ1) is 12.8. The monoisotopic (exact) mass is 405 g/mol. The van der Waals surface area contributed by atoms with Crippen LogP contribution in [0.4, 0.5) is 5.69 Å². The van der Waals surface area contributed by atoms with Gasteiger partial charge in [-0.25, -0.2) is 4.79 Å². The fourth-order valence-corrected chi connectivity index (χ4v) is 3.70. The summed E-state index contributed by atoms with van der Waals surface area (Å²) in [6, 6.07) is 8.67. The highest BCUT2D eigenvalue weighted by molar-refractivity contribution is 7.16. The second-order valence-electron chi connectivity index (χ2n) is 5.45. The summed E-state index contributed by atoms with van der Waals surface area (Å²) in [5.74, 6) is -1.25. The van der Waals surface area contributed by atoms with Crippen molar-refractivity contribution >= 4 is 50.7 Å². The smallest absolute Gasteiger partial charge is 0.337 e. The Morgan fingerprint density at radius 2 is 2.00 bits per heavy atom. The Morgan fingerprint density at radius 1 is 1.26 bits per heavy atom. The number of esters is 1. The van der Waals surface area contributed by atoms with Crippen molar-refractivity contribution < 1.29 is 19.2 Å². The van der Waals surface area contributed by atoms with E-state index in [1.54, 1.807) is 29.8 Å². The third kappa shape index (κ3) is 3.60. The number of aryl methyl sites for hydroxylation is 1. The van der Waals surface area contributed by atoms with Gasteiger partial charge in [-0.1, -0.05) is 22.9 Å². The van der Waals surface area contributed by atoms with Crippen molar-refractivity contribution in [2.75, 3.05) is 7.11 Å². The molecule has 10 heteroatoms.